The molecule has 1 amide bonds. The average molecular weight is 338 g/mol. The number of hydrogen-bond acceptors (Lipinski definition) is 3. The molecule has 5 nitrogen and oxygen atoms in total. The SMILES string of the molecule is CC(C)C(CNC(=O)/C=C/c1ccccc1[N+](=O)[O-])c1ccccc1. The smallest absolute Gasteiger partial charge is 0.276 e. The van der Waals surface area contributed by atoms with E-state index >= 15 is 0 Å². The molecule has 0 heterocycles. The molecule has 1 N–H and O–H groups in total. The molecule has 1 unspecified atom stereocenters. The second-order valence-corrected chi connectivity index (χ2v) is 6.16. The molecule has 0 aliphatic heterocycles. The van der Waals surface area contributed by atoms with Crippen molar-refractivity contribution in [3.63, 3.8) is 0 Å². The lowest BCUT2D eigenvalue weighted by atomic mass is 9.88. The molecule has 0 bridgehead atoms. The quantitative estimate of drug-likeness (QED) is 0.468. The number of benzene rings is 2. The van der Waals surface area contributed by atoms with Crippen LogP contribution in [-0.4, -0.2) is 17.4 Å². The molecule has 5 heteroatoms. The highest BCUT2D eigenvalue weighted by Gasteiger charge is 2.16. The van der Waals surface area contributed by atoms with E-state index in [0.717, 1.165) is 0 Å². The number of carbonyl (C=O) groups is 1. The van der Waals surface area contributed by atoms with Gasteiger partial charge in [-0.05, 0) is 23.6 Å². The second kappa shape index (κ2) is 8.78. The Hall–Kier alpha value is -2.95. The lowest BCUT2D eigenvalue weighted by Crippen LogP contribution is -2.29. The average Bonchev–Trinajstić information content (AvgIpc) is 2.61. The molecule has 0 spiro atoms. The zero-order chi connectivity index (χ0) is 18.2. The molecule has 0 aromatic heterocycles. The van der Waals surface area contributed by atoms with Crippen molar-refractivity contribution < 1.29 is 9.72 Å². The fourth-order valence-corrected chi connectivity index (χ4v) is 2.67. The summed E-state index contributed by atoms with van der Waals surface area (Å²) in [6, 6.07) is 16.4. The summed E-state index contributed by atoms with van der Waals surface area (Å²) in [5.41, 5.74) is 1.57. The molecule has 25 heavy (non-hydrogen) atoms. The number of amides is 1. The maximum atomic E-state index is 12.1. The number of para-hydroxylation sites is 1. The van der Waals surface area contributed by atoms with E-state index in [1.165, 1.54) is 23.8 Å². The number of nitro benzene ring substituents is 1. The van der Waals surface area contributed by atoms with Gasteiger partial charge in [-0.15, -0.1) is 0 Å². The Labute approximate surface area is 147 Å². The van der Waals surface area contributed by atoms with E-state index in [1.807, 2.05) is 18.2 Å². The monoisotopic (exact) mass is 338 g/mol. The number of rotatable bonds is 7. The highest BCUT2D eigenvalue weighted by molar-refractivity contribution is 5.92. The van der Waals surface area contributed by atoms with Gasteiger partial charge in [0, 0.05) is 24.6 Å². The summed E-state index contributed by atoms with van der Waals surface area (Å²) in [6.07, 6.45) is 2.81. The summed E-state index contributed by atoms with van der Waals surface area (Å²) < 4.78 is 0. The van der Waals surface area contributed by atoms with Crippen LogP contribution in [0.2, 0.25) is 0 Å². The van der Waals surface area contributed by atoms with Gasteiger partial charge in [0.15, 0.2) is 0 Å². The van der Waals surface area contributed by atoms with Gasteiger partial charge in [0.1, 0.15) is 0 Å². The third kappa shape index (κ3) is 5.28. The minimum absolute atomic E-state index is 0.0177. The number of nitrogens with one attached hydrogen (secondary N) is 1. The fraction of sp³-hybridized carbons (Fsp3) is 0.250. The summed E-state index contributed by atoms with van der Waals surface area (Å²) in [5, 5.41) is 13.9. The van der Waals surface area contributed by atoms with Gasteiger partial charge < -0.3 is 5.32 Å². The Morgan fingerprint density at radius 2 is 1.76 bits per heavy atom. The molecular weight excluding hydrogens is 316 g/mol. The van der Waals surface area contributed by atoms with Crippen molar-refractivity contribution in [1.82, 2.24) is 5.32 Å². The largest absolute Gasteiger partial charge is 0.352 e. The first-order valence-corrected chi connectivity index (χ1v) is 8.23. The van der Waals surface area contributed by atoms with E-state index in [9.17, 15) is 14.9 Å². The predicted molar refractivity (Wildman–Crippen MR) is 99.2 cm³/mol. The maximum Gasteiger partial charge on any atom is 0.276 e. The highest BCUT2D eigenvalue weighted by atomic mass is 16.6. The lowest BCUT2D eigenvalue weighted by molar-refractivity contribution is -0.385. The van der Waals surface area contributed by atoms with E-state index in [-0.39, 0.29) is 17.5 Å². The van der Waals surface area contributed by atoms with Crippen LogP contribution < -0.4 is 5.32 Å². The van der Waals surface area contributed by atoms with Crippen molar-refractivity contribution in [2.24, 2.45) is 5.92 Å². The summed E-state index contributed by atoms with van der Waals surface area (Å²) >= 11 is 0. The molecule has 2 aromatic rings. The summed E-state index contributed by atoms with van der Waals surface area (Å²) in [4.78, 5) is 22.6. The zero-order valence-corrected chi connectivity index (χ0v) is 14.4. The summed E-state index contributed by atoms with van der Waals surface area (Å²) in [5.74, 6) is 0.325. The number of hydrogen-bond donors (Lipinski definition) is 1. The van der Waals surface area contributed by atoms with Crippen molar-refractivity contribution in [2.45, 2.75) is 19.8 Å². The molecule has 0 saturated heterocycles. The summed E-state index contributed by atoms with van der Waals surface area (Å²) in [7, 11) is 0. The Bertz CT molecular complexity index is 755. The first kappa shape index (κ1) is 18.4. The van der Waals surface area contributed by atoms with Gasteiger partial charge in [0.25, 0.3) is 5.69 Å². The van der Waals surface area contributed by atoms with Crippen LogP contribution in [0.15, 0.2) is 60.7 Å². The van der Waals surface area contributed by atoms with Gasteiger partial charge in [-0.25, -0.2) is 0 Å². The molecular formula is C20H22N2O3. The Morgan fingerprint density at radius 1 is 1.12 bits per heavy atom. The Kier molecular flexibility index (Phi) is 6.46. The van der Waals surface area contributed by atoms with Gasteiger partial charge in [-0.3, -0.25) is 14.9 Å². The van der Waals surface area contributed by atoms with Gasteiger partial charge in [-0.2, -0.15) is 0 Å². The second-order valence-electron chi connectivity index (χ2n) is 6.16. The minimum Gasteiger partial charge on any atom is -0.352 e. The normalized spacial score (nSPS) is 12.3. The molecule has 0 radical (unpaired) electrons. The zero-order valence-electron chi connectivity index (χ0n) is 14.4. The van der Waals surface area contributed by atoms with Crippen molar-refractivity contribution in [3.8, 4) is 0 Å². The standard InChI is InChI=1S/C20H22N2O3/c1-15(2)18(16-8-4-3-5-9-16)14-21-20(23)13-12-17-10-6-7-11-19(17)22(24)25/h3-13,15,18H,14H2,1-2H3,(H,21,23)/b13-12+. The molecule has 0 aliphatic rings. The molecule has 2 aromatic carbocycles. The first-order chi connectivity index (χ1) is 12.0. The van der Waals surface area contributed by atoms with E-state index < -0.39 is 4.92 Å². The Balaban J connectivity index is 2.01. The van der Waals surface area contributed by atoms with E-state index in [1.54, 1.807) is 18.2 Å². The van der Waals surface area contributed by atoms with Gasteiger partial charge >= 0.3 is 0 Å². The topological polar surface area (TPSA) is 72.2 Å². The van der Waals surface area contributed by atoms with E-state index in [0.29, 0.717) is 18.0 Å². The molecule has 2 rings (SSSR count). The fourth-order valence-electron chi connectivity index (χ4n) is 2.67. The lowest BCUT2D eigenvalue weighted by Gasteiger charge is -2.21. The van der Waals surface area contributed by atoms with Gasteiger partial charge in [0.2, 0.25) is 5.91 Å². The third-order valence-electron chi connectivity index (χ3n) is 4.08. The van der Waals surface area contributed by atoms with Crippen LogP contribution in [0.25, 0.3) is 6.08 Å². The van der Waals surface area contributed by atoms with Crippen molar-refractivity contribution in [3.05, 3.63) is 81.9 Å². The van der Waals surface area contributed by atoms with Crippen LogP contribution in [0.4, 0.5) is 5.69 Å². The van der Waals surface area contributed by atoms with Crippen molar-refractivity contribution >= 4 is 17.7 Å². The maximum absolute atomic E-state index is 12.1. The number of nitrogens with zero attached hydrogens (tertiary/aromatic N) is 1. The van der Waals surface area contributed by atoms with Crippen molar-refractivity contribution in [1.29, 1.82) is 0 Å². The highest BCUT2D eigenvalue weighted by Crippen LogP contribution is 2.23. The van der Waals surface area contributed by atoms with E-state index in [4.69, 9.17) is 0 Å². The predicted octanol–water partition coefficient (Wildman–Crippen LogP) is 4.16. The minimum atomic E-state index is -0.457. The molecule has 0 fully saturated rings. The van der Waals surface area contributed by atoms with Gasteiger partial charge in [0.05, 0.1) is 10.5 Å². The Morgan fingerprint density at radius 3 is 2.40 bits per heavy atom. The van der Waals surface area contributed by atoms with Crippen molar-refractivity contribution in [2.75, 3.05) is 6.54 Å². The molecule has 0 saturated carbocycles. The molecule has 0 aliphatic carbocycles. The van der Waals surface area contributed by atoms with Crippen LogP contribution in [0.3, 0.4) is 0 Å². The van der Waals surface area contributed by atoms with E-state index in [2.05, 4.69) is 31.3 Å². The van der Waals surface area contributed by atoms with Gasteiger partial charge in [-0.1, -0.05) is 56.3 Å². The first-order valence-electron chi connectivity index (χ1n) is 8.23. The van der Waals surface area contributed by atoms with Crippen LogP contribution in [0.1, 0.15) is 30.9 Å². The van der Waals surface area contributed by atoms with Crippen LogP contribution in [-0.2, 0) is 4.79 Å². The van der Waals surface area contributed by atoms with Crippen LogP contribution in [0, 0.1) is 16.0 Å². The number of carbonyl (C=O) groups excluding carboxylic acids is 1. The van der Waals surface area contributed by atoms with Crippen LogP contribution >= 0.6 is 0 Å². The third-order valence-corrected chi connectivity index (χ3v) is 4.08. The van der Waals surface area contributed by atoms with Crippen LogP contribution in [0.5, 0.6) is 0 Å². The summed E-state index contributed by atoms with van der Waals surface area (Å²) in [6.45, 7) is 4.75. The molecule has 130 valence electrons. The number of nitro groups is 1. The molecule has 1 atom stereocenters.